The lowest BCUT2D eigenvalue weighted by atomic mass is 9.95. The lowest BCUT2D eigenvalue weighted by molar-refractivity contribution is 0.0967. The highest BCUT2D eigenvalue weighted by atomic mass is 16.1. The van der Waals surface area contributed by atoms with Crippen molar-refractivity contribution < 1.29 is 4.79 Å². The maximum Gasteiger partial charge on any atom is 0.164 e. The average molecular weight is 219 g/mol. The summed E-state index contributed by atoms with van der Waals surface area (Å²) in [5.74, 6) is 0.486. The van der Waals surface area contributed by atoms with E-state index in [9.17, 15) is 4.79 Å². The van der Waals surface area contributed by atoms with Crippen LogP contribution >= 0.6 is 0 Å². The fraction of sp³-hybridized carbons (Fsp3) is 0.500. The van der Waals surface area contributed by atoms with Gasteiger partial charge in [0, 0.05) is 18.0 Å². The van der Waals surface area contributed by atoms with Crippen LogP contribution in [-0.2, 0) is 0 Å². The number of Topliss-reactive ketones (excluding diaryl/α,β-unsaturated/α-hetero) is 1. The maximum absolute atomic E-state index is 11.9. The quantitative estimate of drug-likeness (QED) is 0.791. The van der Waals surface area contributed by atoms with E-state index in [2.05, 4.69) is 0 Å². The summed E-state index contributed by atoms with van der Waals surface area (Å²) in [6.07, 6.45) is 0.431. The second-order valence-corrected chi connectivity index (χ2v) is 4.83. The van der Waals surface area contributed by atoms with E-state index in [1.165, 1.54) is 5.56 Å². The molecular weight excluding hydrogens is 198 g/mol. The van der Waals surface area contributed by atoms with Gasteiger partial charge >= 0.3 is 0 Å². The third-order valence-electron chi connectivity index (χ3n) is 3.11. The third kappa shape index (κ3) is 3.17. The van der Waals surface area contributed by atoms with Crippen LogP contribution in [0.15, 0.2) is 18.2 Å². The minimum atomic E-state index is -0.0471. The second-order valence-electron chi connectivity index (χ2n) is 4.83. The number of aryl methyl sites for hydroxylation is 2. The first kappa shape index (κ1) is 12.9. The molecule has 0 aliphatic carbocycles. The van der Waals surface area contributed by atoms with Gasteiger partial charge in [-0.25, -0.2) is 0 Å². The van der Waals surface area contributed by atoms with Crippen LogP contribution in [-0.4, -0.2) is 11.8 Å². The first-order valence-corrected chi connectivity index (χ1v) is 5.78. The summed E-state index contributed by atoms with van der Waals surface area (Å²) in [7, 11) is 0. The Balaban J connectivity index is 2.77. The Morgan fingerprint density at radius 3 is 2.38 bits per heavy atom. The van der Waals surface area contributed by atoms with Crippen LogP contribution in [0, 0.1) is 19.8 Å². The number of benzene rings is 1. The molecule has 0 spiro atoms. The number of nitrogens with two attached hydrogens (primary N) is 1. The molecule has 0 saturated heterocycles. The third-order valence-corrected chi connectivity index (χ3v) is 3.11. The number of ketones is 1. The number of hydrogen-bond acceptors (Lipinski definition) is 2. The van der Waals surface area contributed by atoms with Gasteiger partial charge in [-0.2, -0.15) is 0 Å². The van der Waals surface area contributed by atoms with Crippen molar-refractivity contribution >= 4 is 5.78 Å². The van der Waals surface area contributed by atoms with E-state index < -0.39 is 0 Å². The van der Waals surface area contributed by atoms with Crippen LogP contribution in [0.3, 0.4) is 0 Å². The average Bonchev–Trinajstić information content (AvgIpc) is 2.21. The van der Waals surface area contributed by atoms with E-state index in [0.29, 0.717) is 12.3 Å². The molecule has 0 amide bonds. The van der Waals surface area contributed by atoms with Gasteiger partial charge in [-0.15, -0.1) is 0 Å². The molecule has 0 aliphatic rings. The zero-order chi connectivity index (χ0) is 12.3. The van der Waals surface area contributed by atoms with Crippen LogP contribution in [0.25, 0.3) is 0 Å². The molecule has 1 atom stereocenters. The zero-order valence-electron chi connectivity index (χ0n) is 10.6. The van der Waals surface area contributed by atoms with Gasteiger partial charge in [0.1, 0.15) is 0 Å². The van der Waals surface area contributed by atoms with Gasteiger partial charge in [-0.05, 0) is 37.0 Å². The number of carbonyl (C=O) groups excluding carboxylic acids is 1. The predicted molar refractivity (Wildman–Crippen MR) is 67.7 cm³/mol. The molecular formula is C14H21NO. The lowest BCUT2D eigenvalue weighted by Gasteiger charge is -2.14. The van der Waals surface area contributed by atoms with Crippen molar-refractivity contribution in [3.05, 3.63) is 34.9 Å². The number of carbonyl (C=O) groups is 1. The SMILES string of the molecule is Cc1ccc(C(=O)CC(N)C(C)C)cc1C. The van der Waals surface area contributed by atoms with E-state index in [1.54, 1.807) is 0 Å². The molecule has 1 rings (SSSR count). The van der Waals surface area contributed by atoms with Crippen molar-refractivity contribution in [3.63, 3.8) is 0 Å². The van der Waals surface area contributed by atoms with Crippen molar-refractivity contribution in [1.82, 2.24) is 0 Å². The molecule has 16 heavy (non-hydrogen) atoms. The number of hydrogen-bond donors (Lipinski definition) is 1. The monoisotopic (exact) mass is 219 g/mol. The Kier molecular flexibility index (Phi) is 4.25. The fourth-order valence-corrected chi connectivity index (χ4v) is 1.48. The van der Waals surface area contributed by atoms with Crippen molar-refractivity contribution in [2.45, 2.75) is 40.2 Å². The Labute approximate surface area is 97.9 Å². The van der Waals surface area contributed by atoms with Crippen molar-refractivity contribution in [3.8, 4) is 0 Å². The minimum absolute atomic E-state index is 0.0471. The summed E-state index contributed by atoms with van der Waals surface area (Å²) in [4.78, 5) is 11.9. The molecule has 0 heterocycles. The summed E-state index contributed by atoms with van der Waals surface area (Å²) in [5, 5.41) is 0. The highest BCUT2D eigenvalue weighted by Gasteiger charge is 2.14. The number of rotatable bonds is 4. The molecule has 0 bridgehead atoms. The summed E-state index contributed by atoms with van der Waals surface area (Å²) in [6, 6.07) is 5.78. The Morgan fingerprint density at radius 1 is 1.25 bits per heavy atom. The van der Waals surface area contributed by atoms with E-state index in [1.807, 2.05) is 45.9 Å². The van der Waals surface area contributed by atoms with Gasteiger partial charge in [0.2, 0.25) is 0 Å². The topological polar surface area (TPSA) is 43.1 Å². The van der Waals surface area contributed by atoms with Gasteiger partial charge in [0.05, 0.1) is 0 Å². The van der Waals surface area contributed by atoms with Crippen molar-refractivity contribution in [2.75, 3.05) is 0 Å². The molecule has 2 N–H and O–H groups in total. The molecule has 0 saturated carbocycles. The van der Waals surface area contributed by atoms with Crippen LogP contribution in [0.4, 0.5) is 0 Å². The zero-order valence-corrected chi connectivity index (χ0v) is 10.6. The molecule has 0 aromatic heterocycles. The molecule has 0 fully saturated rings. The van der Waals surface area contributed by atoms with Crippen molar-refractivity contribution in [1.29, 1.82) is 0 Å². The summed E-state index contributed by atoms with van der Waals surface area (Å²) in [5.41, 5.74) is 9.05. The minimum Gasteiger partial charge on any atom is -0.327 e. The standard InChI is InChI=1S/C14H21NO/c1-9(2)13(15)8-14(16)12-6-5-10(3)11(4)7-12/h5-7,9,13H,8,15H2,1-4H3. The molecule has 88 valence electrons. The van der Waals surface area contributed by atoms with Gasteiger partial charge in [-0.3, -0.25) is 4.79 Å². The molecule has 2 nitrogen and oxygen atoms in total. The maximum atomic E-state index is 11.9. The highest BCUT2D eigenvalue weighted by Crippen LogP contribution is 2.13. The van der Waals surface area contributed by atoms with E-state index in [-0.39, 0.29) is 11.8 Å². The first-order valence-electron chi connectivity index (χ1n) is 5.78. The van der Waals surface area contributed by atoms with E-state index in [4.69, 9.17) is 5.73 Å². The summed E-state index contributed by atoms with van der Waals surface area (Å²) >= 11 is 0. The van der Waals surface area contributed by atoms with Gasteiger partial charge in [0.15, 0.2) is 5.78 Å². The molecule has 1 aromatic rings. The van der Waals surface area contributed by atoms with Gasteiger partial charge < -0.3 is 5.73 Å². The van der Waals surface area contributed by atoms with Crippen LogP contribution in [0.1, 0.15) is 41.8 Å². The van der Waals surface area contributed by atoms with E-state index >= 15 is 0 Å². The summed E-state index contributed by atoms with van der Waals surface area (Å²) < 4.78 is 0. The molecule has 2 heteroatoms. The lowest BCUT2D eigenvalue weighted by Crippen LogP contribution is -2.29. The van der Waals surface area contributed by atoms with Crippen LogP contribution in [0.2, 0.25) is 0 Å². The molecule has 1 unspecified atom stereocenters. The highest BCUT2D eigenvalue weighted by molar-refractivity contribution is 5.96. The molecule has 0 radical (unpaired) electrons. The predicted octanol–water partition coefficient (Wildman–Crippen LogP) is 2.86. The Morgan fingerprint density at radius 2 is 1.88 bits per heavy atom. The normalized spacial score (nSPS) is 12.9. The van der Waals surface area contributed by atoms with E-state index in [0.717, 1.165) is 11.1 Å². The first-order chi connectivity index (χ1) is 7.41. The second kappa shape index (κ2) is 5.26. The fourth-order valence-electron chi connectivity index (χ4n) is 1.48. The van der Waals surface area contributed by atoms with Crippen molar-refractivity contribution in [2.24, 2.45) is 11.7 Å². The molecule has 0 aliphatic heterocycles. The van der Waals surface area contributed by atoms with Crippen LogP contribution < -0.4 is 5.73 Å². The van der Waals surface area contributed by atoms with Gasteiger partial charge in [0.25, 0.3) is 0 Å². The van der Waals surface area contributed by atoms with Gasteiger partial charge in [-0.1, -0.05) is 26.0 Å². The van der Waals surface area contributed by atoms with Crippen LogP contribution in [0.5, 0.6) is 0 Å². The Bertz CT molecular complexity index is 382. The molecule has 1 aromatic carbocycles. The largest absolute Gasteiger partial charge is 0.327 e. The smallest absolute Gasteiger partial charge is 0.164 e. The Hall–Kier alpha value is -1.15. The summed E-state index contributed by atoms with van der Waals surface area (Å²) in [6.45, 7) is 8.15.